The summed E-state index contributed by atoms with van der Waals surface area (Å²) in [4.78, 5) is 1.30. The smallest absolute Gasteiger partial charge is 0.0516 e. The van der Waals surface area contributed by atoms with Gasteiger partial charge in [0.25, 0.3) is 0 Å². The van der Waals surface area contributed by atoms with Crippen LogP contribution in [0.4, 0.5) is 0 Å². The summed E-state index contributed by atoms with van der Waals surface area (Å²) in [5, 5.41) is 6.20. The molecule has 1 aromatic heterocycles. The van der Waals surface area contributed by atoms with E-state index in [4.69, 9.17) is 16.3 Å². The van der Waals surface area contributed by atoms with E-state index in [1.165, 1.54) is 17.7 Å². The Kier molecular flexibility index (Phi) is 5.10. The van der Waals surface area contributed by atoms with Crippen molar-refractivity contribution in [3.63, 3.8) is 0 Å². The largest absolute Gasteiger partial charge is 0.381 e. The van der Waals surface area contributed by atoms with E-state index in [-0.39, 0.29) is 0 Å². The summed E-state index contributed by atoms with van der Waals surface area (Å²) < 4.78 is 5.56. The van der Waals surface area contributed by atoms with Gasteiger partial charge in [-0.1, -0.05) is 11.6 Å². The molecule has 1 heterocycles. The van der Waals surface area contributed by atoms with Crippen LogP contribution in [-0.4, -0.2) is 19.8 Å². The zero-order valence-corrected chi connectivity index (χ0v) is 10.9. The van der Waals surface area contributed by atoms with Crippen molar-refractivity contribution in [1.29, 1.82) is 0 Å². The number of halogens is 1. The Morgan fingerprint density at radius 3 is 3.06 bits per heavy atom. The van der Waals surface area contributed by atoms with Crippen LogP contribution in [0.1, 0.15) is 24.1 Å². The summed E-state index contributed by atoms with van der Waals surface area (Å²) >= 11 is 7.54. The van der Waals surface area contributed by atoms with Gasteiger partial charge in [-0.2, -0.15) is 0 Å². The summed E-state index contributed by atoms with van der Waals surface area (Å²) in [5.41, 5.74) is 0. The van der Waals surface area contributed by atoms with E-state index >= 15 is 0 Å². The number of thiophene rings is 1. The van der Waals surface area contributed by atoms with Gasteiger partial charge in [0.2, 0.25) is 0 Å². The van der Waals surface area contributed by atoms with Crippen molar-refractivity contribution in [3.05, 3.63) is 21.3 Å². The molecule has 90 valence electrons. The number of ether oxygens (including phenoxy) is 1. The first-order valence-corrected chi connectivity index (χ1v) is 7.12. The molecule has 4 heteroatoms. The molecule has 0 saturated heterocycles. The summed E-state index contributed by atoms with van der Waals surface area (Å²) in [6.07, 6.45) is 3.83. The van der Waals surface area contributed by atoms with Gasteiger partial charge in [-0.05, 0) is 37.8 Å². The van der Waals surface area contributed by atoms with Crippen LogP contribution >= 0.6 is 22.9 Å². The Labute approximate surface area is 106 Å². The quantitative estimate of drug-likeness (QED) is 0.724. The molecule has 0 radical (unpaired) electrons. The van der Waals surface area contributed by atoms with E-state index in [2.05, 4.69) is 5.32 Å². The first-order valence-electron chi connectivity index (χ1n) is 5.86. The first-order chi connectivity index (χ1) is 7.84. The van der Waals surface area contributed by atoms with Crippen LogP contribution in [-0.2, 0) is 11.3 Å². The molecule has 0 bridgehead atoms. The van der Waals surface area contributed by atoms with Crippen molar-refractivity contribution in [3.8, 4) is 0 Å². The molecule has 0 aromatic carbocycles. The average Bonchev–Trinajstić information content (AvgIpc) is 3.00. The summed E-state index contributed by atoms with van der Waals surface area (Å²) in [7, 11) is 0. The number of hydrogen-bond donors (Lipinski definition) is 1. The summed E-state index contributed by atoms with van der Waals surface area (Å²) in [6, 6.07) is 2.02. The molecule has 1 N–H and O–H groups in total. The topological polar surface area (TPSA) is 21.3 Å². The lowest BCUT2D eigenvalue weighted by Crippen LogP contribution is -2.15. The van der Waals surface area contributed by atoms with Gasteiger partial charge in [-0.15, -0.1) is 11.3 Å². The van der Waals surface area contributed by atoms with Crippen LogP contribution in [0.3, 0.4) is 0 Å². The van der Waals surface area contributed by atoms with E-state index in [1.807, 2.05) is 11.4 Å². The molecular weight excluding hydrogens is 242 g/mol. The molecule has 0 aliphatic heterocycles. The predicted molar refractivity (Wildman–Crippen MR) is 69.2 cm³/mol. The van der Waals surface area contributed by atoms with Crippen LogP contribution < -0.4 is 5.32 Å². The van der Waals surface area contributed by atoms with E-state index in [0.29, 0.717) is 0 Å². The Morgan fingerprint density at radius 1 is 1.50 bits per heavy atom. The van der Waals surface area contributed by atoms with Crippen molar-refractivity contribution in [2.45, 2.75) is 25.8 Å². The molecule has 2 rings (SSSR count). The van der Waals surface area contributed by atoms with Crippen molar-refractivity contribution in [2.24, 2.45) is 5.92 Å². The maximum atomic E-state index is 5.84. The molecule has 0 unspecified atom stereocenters. The molecule has 1 saturated carbocycles. The van der Waals surface area contributed by atoms with Crippen LogP contribution in [0.15, 0.2) is 11.4 Å². The van der Waals surface area contributed by atoms with E-state index in [0.717, 1.165) is 43.7 Å². The monoisotopic (exact) mass is 259 g/mol. The number of hydrogen-bond acceptors (Lipinski definition) is 3. The fourth-order valence-electron chi connectivity index (χ4n) is 1.49. The zero-order chi connectivity index (χ0) is 11.2. The SMILES string of the molecule is Clc1csc(CNCCCOCC2CC2)c1. The van der Waals surface area contributed by atoms with Gasteiger partial charge < -0.3 is 10.1 Å². The molecule has 16 heavy (non-hydrogen) atoms. The lowest BCUT2D eigenvalue weighted by Gasteiger charge is -2.04. The van der Waals surface area contributed by atoms with Crippen molar-refractivity contribution in [1.82, 2.24) is 5.32 Å². The van der Waals surface area contributed by atoms with Gasteiger partial charge in [0.05, 0.1) is 5.02 Å². The average molecular weight is 260 g/mol. The van der Waals surface area contributed by atoms with Gasteiger partial charge in [0.1, 0.15) is 0 Å². The number of nitrogens with one attached hydrogen (secondary N) is 1. The Morgan fingerprint density at radius 2 is 2.38 bits per heavy atom. The Balaban J connectivity index is 1.42. The van der Waals surface area contributed by atoms with Gasteiger partial charge in [-0.25, -0.2) is 0 Å². The van der Waals surface area contributed by atoms with Gasteiger partial charge >= 0.3 is 0 Å². The highest BCUT2D eigenvalue weighted by atomic mass is 35.5. The van der Waals surface area contributed by atoms with Crippen LogP contribution in [0.5, 0.6) is 0 Å². The van der Waals surface area contributed by atoms with E-state index < -0.39 is 0 Å². The van der Waals surface area contributed by atoms with Crippen LogP contribution in [0, 0.1) is 5.92 Å². The second kappa shape index (κ2) is 6.60. The fraction of sp³-hybridized carbons (Fsp3) is 0.667. The molecule has 1 aliphatic rings. The van der Waals surface area contributed by atoms with Crippen molar-refractivity contribution >= 4 is 22.9 Å². The third kappa shape index (κ3) is 4.83. The second-order valence-electron chi connectivity index (χ2n) is 4.28. The molecule has 1 aliphatic carbocycles. The van der Waals surface area contributed by atoms with Gasteiger partial charge in [0.15, 0.2) is 0 Å². The third-order valence-corrected chi connectivity index (χ3v) is 3.90. The fourth-order valence-corrected chi connectivity index (χ4v) is 2.53. The summed E-state index contributed by atoms with van der Waals surface area (Å²) in [6.45, 7) is 3.79. The molecular formula is C12H18ClNOS. The normalized spacial score (nSPS) is 15.6. The lowest BCUT2D eigenvalue weighted by atomic mass is 10.4. The maximum absolute atomic E-state index is 5.84. The molecule has 2 nitrogen and oxygen atoms in total. The van der Waals surface area contributed by atoms with Crippen LogP contribution in [0.2, 0.25) is 5.02 Å². The number of rotatable bonds is 8. The van der Waals surface area contributed by atoms with Crippen molar-refractivity contribution < 1.29 is 4.74 Å². The highest BCUT2D eigenvalue weighted by molar-refractivity contribution is 7.10. The van der Waals surface area contributed by atoms with Crippen LogP contribution in [0.25, 0.3) is 0 Å². The maximum Gasteiger partial charge on any atom is 0.0516 e. The molecule has 0 amide bonds. The minimum atomic E-state index is 0.842. The highest BCUT2D eigenvalue weighted by Gasteiger charge is 2.20. The van der Waals surface area contributed by atoms with E-state index in [1.54, 1.807) is 11.3 Å². The third-order valence-electron chi connectivity index (χ3n) is 2.61. The van der Waals surface area contributed by atoms with E-state index in [9.17, 15) is 0 Å². The Hall–Kier alpha value is -0.0900. The van der Waals surface area contributed by atoms with Gasteiger partial charge in [0, 0.05) is 30.0 Å². The standard InChI is InChI=1S/C12H18ClNOS/c13-11-6-12(16-9-11)7-14-4-1-5-15-8-10-2-3-10/h6,9-10,14H,1-5,7-8H2. The predicted octanol–water partition coefficient (Wildman–Crippen LogP) is 3.31. The first kappa shape index (κ1) is 12.4. The minimum Gasteiger partial charge on any atom is -0.381 e. The summed E-state index contributed by atoms with van der Waals surface area (Å²) in [5.74, 6) is 0.876. The Bertz CT molecular complexity index is 312. The zero-order valence-electron chi connectivity index (χ0n) is 9.38. The molecule has 0 atom stereocenters. The second-order valence-corrected chi connectivity index (χ2v) is 5.71. The van der Waals surface area contributed by atoms with Crippen molar-refractivity contribution in [2.75, 3.05) is 19.8 Å². The van der Waals surface area contributed by atoms with Gasteiger partial charge in [-0.3, -0.25) is 0 Å². The molecule has 1 fully saturated rings. The molecule has 1 aromatic rings. The lowest BCUT2D eigenvalue weighted by molar-refractivity contribution is 0.122. The molecule has 0 spiro atoms. The highest BCUT2D eigenvalue weighted by Crippen LogP contribution is 2.28. The minimum absolute atomic E-state index is 0.842.